The van der Waals surface area contributed by atoms with Crippen LogP contribution in [0.3, 0.4) is 0 Å². The molecule has 0 amide bonds. The van der Waals surface area contributed by atoms with Gasteiger partial charge in [-0.15, -0.1) is 141 Å². The van der Waals surface area contributed by atoms with E-state index in [1.54, 1.807) is 0 Å². The van der Waals surface area contributed by atoms with Crippen molar-refractivity contribution in [2.75, 3.05) is 0 Å². The summed E-state index contributed by atoms with van der Waals surface area (Å²) in [6.45, 7) is 84.1. The molecule has 0 nitrogen and oxygen atoms in total. The Morgan fingerprint density at radius 1 is 0.285 bits per heavy atom. The van der Waals surface area contributed by atoms with Crippen molar-refractivity contribution in [2.24, 2.45) is 147 Å². The van der Waals surface area contributed by atoms with E-state index < -0.39 is 5.41 Å². The Bertz CT molecular complexity index is 3960. The molecule has 0 saturated carbocycles. The fraction of sp³-hybridized carbons (Fsp3) is 0.561. The van der Waals surface area contributed by atoms with Gasteiger partial charge in [0, 0.05) is 76.9 Å². The molecule has 4 unspecified atom stereocenters. The molecule has 0 heterocycles. The first kappa shape index (κ1) is 133. The maximum absolute atomic E-state index is 5.32. The Kier molecular flexibility index (Phi) is 95.5. The quantitative estimate of drug-likeness (QED) is 0.133. The van der Waals surface area contributed by atoms with Gasteiger partial charge in [-0.1, -0.05) is 367 Å². The molecule has 0 heteroatoms. The third-order valence-corrected chi connectivity index (χ3v) is 18.7. The van der Waals surface area contributed by atoms with Crippen LogP contribution in [-0.4, -0.2) is 0 Å². The molecular formula is C123H176. The lowest BCUT2D eigenvalue weighted by Gasteiger charge is -2.21. The lowest BCUT2D eigenvalue weighted by Crippen LogP contribution is -2.20. The van der Waals surface area contributed by atoms with Crippen molar-refractivity contribution in [3.05, 3.63) is 108 Å². The highest BCUT2D eigenvalue weighted by Crippen LogP contribution is 2.25. The van der Waals surface area contributed by atoms with Gasteiger partial charge < -0.3 is 0 Å². The molecule has 0 saturated heterocycles. The monoisotopic (exact) mass is 1650 g/mol. The summed E-state index contributed by atoms with van der Waals surface area (Å²) in [5, 5.41) is 0. The molecule has 3 aromatic carbocycles. The van der Waals surface area contributed by atoms with Gasteiger partial charge in [-0.25, -0.2) is 0 Å². The minimum Gasteiger partial charge on any atom is -0.120 e. The highest BCUT2D eigenvalue weighted by Gasteiger charge is 2.26. The second-order valence-electron chi connectivity index (χ2n) is 35.8. The summed E-state index contributed by atoms with van der Waals surface area (Å²) in [6, 6.07) is 30.2. The van der Waals surface area contributed by atoms with E-state index in [0.29, 0.717) is 101 Å². The molecule has 0 aliphatic carbocycles. The molecule has 0 aliphatic heterocycles. The van der Waals surface area contributed by atoms with Gasteiger partial charge in [-0.05, 0) is 167 Å². The van der Waals surface area contributed by atoms with Crippen molar-refractivity contribution in [1.29, 1.82) is 0 Å². The van der Waals surface area contributed by atoms with E-state index in [1.807, 2.05) is 146 Å². The zero-order chi connectivity index (χ0) is 97.8. The first-order valence-corrected chi connectivity index (χ1v) is 44.9. The average molecular weight is 1650 g/mol. The highest BCUT2D eigenvalue weighted by atomic mass is 14.2. The van der Waals surface area contributed by atoms with Gasteiger partial charge >= 0.3 is 0 Å². The summed E-state index contributed by atoms with van der Waals surface area (Å²) in [5.74, 6) is 86.6. The highest BCUT2D eigenvalue weighted by molar-refractivity contribution is 5.40. The smallest absolute Gasteiger partial charge is 0.120 e. The van der Waals surface area contributed by atoms with E-state index in [-0.39, 0.29) is 29.1 Å². The third kappa shape index (κ3) is 89.3. The molecule has 0 spiro atoms. The van der Waals surface area contributed by atoms with Crippen LogP contribution in [0.5, 0.6) is 0 Å². The Balaban J connectivity index is -0.000000143. The Hall–Kier alpha value is -10.3. The zero-order valence-electron chi connectivity index (χ0n) is 86.0. The maximum Gasteiger partial charge on any atom is 0.153 e. The van der Waals surface area contributed by atoms with Gasteiger partial charge in [-0.2, -0.15) is 0 Å². The number of hydrogen-bond donors (Lipinski definition) is 0. The lowest BCUT2D eigenvalue weighted by molar-refractivity contribution is 0.350. The second-order valence-corrected chi connectivity index (χ2v) is 35.8. The van der Waals surface area contributed by atoms with E-state index in [1.165, 1.54) is 0 Å². The standard InChI is InChI=1S/C20H18.C13H16.C10H10.C10H14.2C9H16.3C8H14.C8H10.2C7H12.C6H10/c1-17(2)20(15-13-18-9-5-3-6-10-18)16-14-19-11-7-4-8-12-19;1-11(2)12(3)9-10-13-7-5-4-6-8-13;1-6-10(7-2,8-3)9(4)5;1-5-7-10(8-6-2)9(3)4;1-8(2)6-5-7-9(3)4;1-6-9(7(2)3)8(4)5;1-6-8(4,5)7(2)3;1-5-6-8(4)7(2)3;2*1-5-8(6-2)7(3)4;1-5-7(4)6(2)3;1-4-5-6-7(2)3;1-4-5-6(2)3/h3-12,17,20H,1-2H3;4-8,11-12H,1-3H3;1-3,9H,4-5H3;9-10H,1-4H3;8-9H,6H2,1-4H3;1,7-9H,2-5H3;1,7H,2-5H3;7-8H,1-4H3;1,7-8H,6H2,2-4H3;1-2,7-8H,3-4H3;1,6-7H,2-4H3;7H,6H2,1-3H3;1,6H,5H2,2-3H3. The zero-order valence-corrected chi connectivity index (χ0v) is 86.0. The van der Waals surface area contributed by atoms with Crippen molar-refractivity contribution in [3.8, 4) is 218 Å². The molecule has 0 aromatic heterocycles. The number of rotatable bonds is 15. The normalized spacial score (nSPS) is 10.4. The first-order chi connectivity index (χ1) is 57.4. The van der Waals surface area contributed by atoms with Crippen LogP contribution in [0.1, 0.15) is 319 Å². The van der Waals surface area contributed by atoms with Crippen LogP contribution in [0.15, 0.2) is 91.0 Å². The summed E-state index contributed by atoms with van der Waals surface area (Å²) >= 11 is 0. The lowest BCUT2D eigenvalue weighted by atomic mass is 9.80. The molecule has 0 fully saturated rings. The Labute approximate surface area is 770 Å². The van der Waals surface area contributed by atoms with E-state index in [4.69, 9.17) is 64.2 Å². The first-order valence-electron chi connectivity index (χ1n) is 44.9. The summed E-state index contributed by atoms with van der Waals surface area (Å²) < 4.78 is 0. The Morgan fingerprint density at radius 3 is 0.748 bits per heavy atom. The van der Waals surface area contributed by atoms with Crippen molar-refractivity contribution in [2.45, 2.75) is 303 Å². The van der Waals surface area contributed by atoms with Gasteiger partial charge in [0.2, 0.25) is 0 Å². The molecule has 0 radical (unpaired) electrons. The molecule has 3 aromatic rings. The summed E-state index contributed by atoms with van der Waals surface area (Å²) in [4.78, 5) is 0. The van der Waals surface area contributed by atoms with Gasteiger partial charge in [0.05, 0.1) is 17.8 Å². The minimum absolute atomic E-state index is 0.00926. The molecule has 668 valence electrons. The van der Waals surface area contributed by atoms with Crippen LogP contribution < -0.4 is 0 Å². The second kappa shape index (κ2) is 88.1. The van der Waals surface area contributed by atoms with E-state index in [0.717, 1.165) is 54.2 Å². The Morgan fingerprint density at radius 2 is 0.610 bits per heavy atom. The largest absolute Gasteiger partial charge is 0.153 e. The van der Waals surface area contributed by atoms with Crippen LogP contribution in [0.25, 0.3) is 0 Å². The summed E-state index contributed by atoms with van der Waals surface area (Å²) in [7, 11) is 0. The predicted octanol–water partition coefficient (Wildman–Crippen LogP) is 30.8. The topological polar surface area (TPSA) is 0 Å². The third-order valence-electron chi connectivity index (χ3n) is 18.7. The maximum atomic E-state index is 5.32. The summed E-state index contributed by atoms with van der Waals surface area (Å²) in [5.41, 5.74) is 2.47. The van der Waals surface area contributed by atoms with Crippen molar-refractivity contribution in [3.63, 3.8) is 0 Å². The molecule has 0 aliphatic rings. The van der Waals surface area contributed by atoms with Gasteiger partial charge in [-0.3, -0.25) is 0 Å². The van der Waals surface area contributed by atoms with E-state index in [2.05, 4.69) is 375 Å². The van der Waals surface area contributed by atoms with Crippen LogP contribution in [0.2, 0.25) is 0 Å². The summed E-state index contributed by atoms with van der Waals surface area (Å²) in [6.07, 6.45) is 55.8. The van der Waals surface area contributed by atoms with Crippen LogP contribution in [0, 0.1) is 365 Å². The van der Waals surface area contributed by atoms with E-state index >= 15 is 0 Å². The van der Waals surface area contributed by atoms with E-state index in [9.17, 15) is 0 Å². The fourth-order valence-corrected chi connectivity index (χ4v) is 8.06. The molecule has 0 N–H and O–H groups in total. The van der Waals surface area contributed by atoms with Crippen molar-refractivity contribution >= 4 is 0 Å². The molecule has 3 rings (SSSR count). The predicted molar refractivity (Wildman–Crippen MR) is 558 cm³/mol. The van der Waals surface area contributed by atoms with Crippen LogP contribution in [0.4, 0.5) is 0 Å². The van der Waals surface area contributed by atoms with Crippen molar-refractivity contribution < 1.29 is 0 Å². The SMILES string of the molecule is C#CC(C#C)(C#C)C(C)C.C#CC(C#C)C(C)C.C#CC(C(C)C)C(C)C.C#CC(C)(C)C(C)C.C#CC(C)C(C)C.C#CC(CC)C(C)C.C#CCC(C)C.CC#CC(C#CC)C(C)C.CC#CC(C)C(C)C.CC#CCC(C)C.CC(C)C#CCC(C)C.CC(C)C(C#Cc1ccccc1)C#Cc1ccccc1.CC(C)C(C)C#Cc1ccccc1. The van der Waals surface area contributed by atoms with Gasteiger partial charge in [0.1, 0.15) is 0 Å². The van der Waals surface area contributed by atoms with Gasteiger partial charge in [0.25, 0.3) is 0 Å². The minimum atomic E-state index is -0.792. The number of benzene rings is 3. The van der Waals surface area contributed by atoms with Crippen LogP contribution >= 0.6 is 0 Å². The number of hydrogen-bond acceptors (Lipinski definition) is 0. The molecule has 123 heavy (non-hydrogen) atoms. The average Bonchev–Trinajstić information content (AvgIpc) is 0.870. The molecular weight excluding hydrogens is 1480 g/mol. The van der Waals surface area contributed by atoms with Crippen molar-refractivity contribution in [1.82, 2.24) is 0 Å². The molecule has 0 bridgehead atoms. The molecule has 4 atom stereocenters. The number of terminal acetylenes is 10. The van der Waals surface area contributed by atoms with Crippen LogP contribution in [-0.2, 0) is 0 Å². The van der Waals surface area contributed by atoms with Gasteiger partial charge in [0.15, 0.2) is 5.41 Å². The fourth-order valence-electron chi connectivity index (χ4n) is 8.06.